The van der Waals surface area contributed by atoms with Gasteiger partial charge in [-0.1, -0.05) is 6.07 Å². The van der Waals surface area contributed by atoms with E-state index in [0.717, 1.165) is 16.3 Å². The van der Waals surface area contributed by atoms with E-state index in [9.17, 15) is 9.59 Å². The van der Waals surface area contributed by atoms with Crippen LogP contribution in [0.3, 0.4) is 0 Å². The molecule has 0 aliphatic carbocycles. The molecular formula is C21H21N3O3S. The monoisotopic (exact) mass is 395 g/mol. The highest BCUT2D eigenvalue weighted by Crippen LogP contribution is 2.26. The highest BCUT2D eigenvalue weighted by Gasteiger charge is 2.10. The molecule has 0 unspecified atom stereocenters. The van der Waals surface area contributed by atoms with Crippen LogP contribution in [0.1, 0.15) is 19.5 Å². The van der Waals surface area contributed by atoms with Gasteiger partial charge in [-0.25, -0.2) is 4.98 Å². The molecule has 144 valence electrons. The summed E-state index contributed by atoms with van der Waals surface area (Å²) in [6.45, 7) is 4.02. The fourth-order valence-electron chi connectivity index (χ4n) is 2.63. The Kier molecular flexibility index (Phi) is 6.39. The van der Waals surface area contributed by atoms with Crippen LogP contribution in [0.2, 0.25) is 0 Å². The molecule has 2 amide bonds. The van der Waals surface area contributed by atoms with Gasteiger partial charge in [-0.2, -0.15) is 0 Å². The molecule has 0 fully saturated rings. The Morgan fingerprint density at radius 1 is 1.07 bits per heavy atom. The van der Waals surface area contributed by atoms with Gasteiger partial charge in [0.25, 0.3) is 0 Å². The molecule has 3 rings (SSSR count). The van der Waals surface area contributed by atoms with Crippen LogP contribution in [0.25, 0.3) is 10.6 Å². The molecule has 6 nitrogen and oxygen atoms in total. The average molecular weight is 395 g/mol. The molecule has 0 saturated heterocycles. The van der Waals surface area contributed by atoms with Crippen molar-refractivity contribution in [3.63, 3.8) is 0 Å². The van der Waals surface area contributed by atoms with Crippen molar-refractivity contribution in [2.45, 2.75) is 20.3 Å². The SMILES string of the molecule is CCOc1ccc(-c2nc(CC(=O)Nc3cccc(NC(C)=O)c3)cs2)cc1. The molecule has 1 heterocycles. The molecule has 2 aromatic carbocycles. The standard InChI is InChI=1S/C21H21N3O3S/c1-3-27-19-9-7-15(8-10-19)21-24-18(13-28-21)12-20(26)23-17-6-4-5-16(11-17)22-14(2)25/h4-11,13H,3,12H2,1-2H3,(H,22,25)(H,23,26). The van der Waals surface area contributed by atoms with Gasteiger partial charge in [0.05, 0.1) is 18.7 Å². The molecule has 0 bridgehead atoms. The van der Waals surface area contributed by atoms with Gasteiger partial charge in [-0.3, -0.25) is 9.59 Å². The van der Waals surface area contributed by atoms with E-state index in [-0.39, 0.29) is 18.2 Å². The Morgan fingerprint density at radius 3 is 2.46 bits per heavy atom. The molecule has 0 atom stereocenters. The lowest BCUT2D eigenvalue weighted by molar-refractivity contribution is -0.116. The lowest BCUT2D eigenvalue weighted by Crippen LogP contribution is -2.15. The van der Waals surface area contributed by atoms with Gasteiger partial charge < -0.3 is 15.4 Å². The van der Waals surface area contributed by atoms with Gasteiger partial charge in [0, 0.05) is 29.2 Å². The van der Waals surface area contributed by atoms with Gasteiger partial charge in [-0.15, -0.1) is 11.3 Å². The molecule has 0 aliphatic heterocycles. The summed E-state index contributed by atoms with van der Waals surface area (Å²) in [7, 11) is 0. The summed E-state index contributed by atoms with van der Waals surface area (Å²) in [5.74, 6) is 0.500. The predicted molar refractivity (Wildman–Crippen MR) is 112 cm³/mol. The van der Waals surface area contributed by atoms with Crippen LogP contribution in [-0.2, 0) is 16.0 Å². The fourth-order valence-corrected chi connectivity index (χ4v) is 3.45. The minimum Gasteiger partial charge on any atom is -0.494 e. The van der Waals surface area contributed by atoms with Gasteiger partial charge >= 0.3 is 0 Å². The first-order valence-electron chi connectivity index (χ1n) is 8.88. The first-order chi connectivity index (χ1) is 13.5. The number of amides is 2. The van der Waals surface area contributed by atoms with Gasteiger partial charge in [0.1, 0.15) is 10.8 Å². The lowest BCUT2D eigenvalue weighted by Gasteiger charge is -2.07. The van der Waals surface area contributed by atoms with Crippen LogP contribution >= 0.6 is 11.3 Å². The smallest absolute Gasteiger partial charge is 0.230 e. The Hall–Kier alpha value is -3.19. The van der Waals surface area contributed by atoms with Gasteiger partial charge in [-0.05, 0) is 49.4 Å². The van der Waals surface area contributed by atoms with Crippen LogP contribution in [0, 0.1) is 0 Å². The van der Waals surface area contributed by atoms with Crippen molar-refractivity contribution < 1.29 is 14.3 Å². The van der Waals surface area contributed by atoms with E-state index >= 15 is 0 Å². The zero-order chi connectivity index (χ0) is 19.9. The number of thiazole rings is 1. The zero-order valence-corrected chi connectivity index (χ0v) is 16.5. The van der Waals surface area contributed by atoms with Crippen molar-refractivity contribution >= 4 is 34.5 Å². The van der Waals surface area contributed by atoms with Crippen LogP contribution in [-0.4, -0.2) is 23.4 Å². The maximum Gasteiger partial charge on any atom is 0.230 e. The van der Waals surface area contributed by atoms with Crippen molar-refractivity contribution in [1.82, 2.24) is 4.98 Å². The highest BCUT2D eigenvalue weighted by molar-refractivity contribution is 7.13. The van der Waals surface area contributed by atoms with E-state index in [1.54, 1.807) is 24.3 Å². The maximum atomic E-state index is 12.3. The van der Waals surface area contributed by atoms with Crippen LogP contribution in [0.4, 0.5) is 11.4 Å². The summed E-state index contributed by atoms with van der Waals surface area (Å²) < 4.78 is 5.45. The Morgan fingerprint density at radius 2 is 1.79 bits per heavy atom. The first kappa shape index (κ1) is 19.6. The normalized spacial score (nSPS) is 10.4. The molecule has 0 saturated carbocycles. The Labute approximate surface area is 167 Å². The average Bonchev–Trinajstić information content (AvgIpc) is 3.10. The topological polar surface area (TPSA) is 80.3 Å². The number of anilines is 2. The summed E-state index contributed by atoms with van der Waals surface area (Å²) in [4.78, 5) is 28.0. The minimum atomic E-state index is -0.163. The molecule has 3 aromatic rings. The number of benzene rings is 2. The van der Waals surface area contributed by atoms with Crippen LogP contribution in [0.15, 0.2) is 53.9 Å². The van der Waals surface area contributed by atoms with E-state index in [4.69, 9.17) is 4.74 Å². The number of ether oxygens (including phenoxy) is 1. The molecule has 0 radical (unpaired) electrons. The van der Waals surface area contributed by atoms with Crippen molar-refractivity contribution in [3.05, 3.63) is 59.6 Å². The Balaban J connectivity index is 1.61. The van der Waals surface area contributed by atoms with Crippen molar-refractivity contribution in [3.8, 4) is 16.3 Å². The summed E-state index contributed by atoms with van der Waals surface area (Å²) in [5.41, 5.74) is 2.96. The molecular weight excluding hydrogens is 374 g/mol. The summed E-state index contributed by atoms with van der Waals surface area (Å²) in [5, 5.41) is 8.27. The van der Waals surface area contributed by atoms with Crippen molar-refractivity contribution in [2.75, 3.05) is 17.2 Å². The van der Waals surface area contributed by atoms with E-state index in [2.05, 4.69) is 15.6 Å². The third-order valence-electron chi connectivity index (χ3n) is 3.77. The van der Waals surface area contributed by atoms with E-state index in [0.29, 0.717) is 23.7 Å². The zero-order valence-electron chi connectivity index (χ0n) is 15.7. The number of nitrogens with one attached hydrogen (secondary N) is 2. The van der Waals surface area contributed by atoms with Crippen molar-refractivity contribution in [1.29, 1.82) is 0 Å². The second-order valence-corrected chi connectivity index (χ2v) is 6.95. The molecule has 0 aliphatic rings. The number of hydrogen-bond acceptors (Lipinski definition) is 5. The second kappa shape index (κ2) is 9.14. The number of carbonyl (C=O) groups excluding carboxylic acids is 2. The van der Waals surface area contributed by atoms with Crippen LogP contribution in [0.5, 0.6) is 5.75 Å². The number of aromatic nitrogens is 1. The Bertz CT molecular complexity index is 967. The molecule has 28 heavy (non-hydrogen) atoms. The largest absolute Gasteiger partial charge is 0.494 e. The second-order valence-electron chi connectivity index (χ2n) is 6.09. The fraction of sp³-hybridized carbons (Fsp3) is 0.190. The number of carbonyl (C=O) groups is 2. The lowest BCUT2D eigenvalue weighted by atomic mass is 10.2. The highest BCUT2D eigenvalue weighted by atomic mass is 32.1. The molecule has 7 heteroatoms. The van der Waals surface area contributed by atoms with E-state index < -0.39 is 0 Å². The summed E-state index contributed by atoms with van der Waals surface area (Å²) >= 11 is 1.50. The number of rotatable bonds is 7. The van der Waals surface area contributed by atoms with E-state index in [1.807, 2.05) is 36.6 Å². The van der Waals surface area contributed by atoms with Gasteiger partial charge in [0.15, 0.2) is 0 Å². The quantitative estimate of drug-likeness (QED) is 0.623. The van der Waals surface area contributed by atoms with Crippen LogP contribution < -0.4 is 15.4 Å². The van der Waals surface area contributed by atoms with E-state index in [1.165, 1.54) is 18.3 Å². The summed E-state index contributed by atoms with van der Waals surface area (Å²) in [6, 6.07) is 14.8. The third-order valence-corrected chi connectivity index (χ3v) is 4.71. The molecule has 0 spiro atoms. The maximum absolute atomic E-state index is 12.3. The third kappa shape index (κ3) is 5.40. The van der Waals surface area contributed by atoms with Crippen molar-refractivity contribution in [2.24, 2.45) is 0 Å². The number of hydrogen-bond donors (Lipinski definition) is 2. The molecule has 1 aromatic heterocycles. The van der Waals surface area contributed by atoms with Gasteiger partial charge in [0.2, 0.25) is 11.8 Å². The number of nitrogens with zero attached hydrogens (tertiary/aromatic N) is 1. The molecule has 2 N–H and O–H groups in total. The first-order valence-corrected chi connectivity index (χ1v) is 9.76. The predicted octanol–water partition coefficient (Wildman–Crippen LogP) is 4.35. The summed E-state index contributed by atoms with van der Waals surface area (Å²) in [6.07, 6.45) is 0.178. The minimum absolute atomic E-state index is 0.159.